The number of hydrogen-bond donors (Lipinski definition) is 1. The molecule has 0 fully saturated rings. The van der Waals surface area contributed by atoms with Crippen LogP contribution in [0.15, 0.2) is 79.0 Å². The Morgan fingerprint density at radius 1 is 0.857 bits per heavy atom. The highest BCUT2D eigenvalue weighted by atomic mass is 16.5. The second-order valence-electron chi connectivity index (χ2n) is 6.96. The van der Waals surface area contributed by atoms with E-state index < -0.39 is 0 Å². The fraction of sp³-hybridized carbons (Fsp3) is 0.160. The number of rotatable bonds is 6. The molecule has 0 aliphatic rings. The molecule has 0 spiro atoms. The van der Waals surface area contributed by atoms with Gasteiger partial charge in [0.15, 0.2) is 0 Å². The first-order valence-electron chi connectivity index (χ1n) is 9.62. The number of aryl methyl sites for hydroxylation is 2. The minimum absolute atomic E-state index is 0.821. The highest BCUT2D eigenvalue weighted by molar-refractivity contribution is 5.93. The molecule has 0 aliphatic heterocycles. The molecule has 140 valence electrons. The van der Waals surface area contributed by atoms with E-state index in [9.17, 15) is 0 Å². The van der Waals surface area contributed by atoms with Crippen molar-refractivity contribution >= 4 is 16.6 Å². The summed E-state index contributed by atoms with van der Waals surface area (Å²) in [7, 11) is 0. The average Bonchev–Trinajstić information content (AvgIpc) is 2.73. The van der Waals surface area contributed by atoms with E-state index in [2.05, 4.69) is 48.4 Å². The van der Waals surface area contributed by atoms with E-state index in [1.807, 2.05) is 54.7 Å². The summed E-state index contributed by atoms with van der Waals surface area (Å²) >= 11 is 0. The van der Waals surface area contributed by atoms with Crippen LogP contribution in [0.2, 0.25) is 0 Å². The quantitative estimate of drug-likeness (QED) is 0.434. The summed E-state index contributed by atoms with van der Waals surface area (Å²) in [6.45, 7) is 5.08. The first kappa shape index (κ1) is 18.1. The van der Waals surface area contributed by atoms with Gasteiger partial charge in [0.05, 0.1) is 5.52 Å². The minimum atomic E-state index is 0.821. The maximum absolute atomic E-state index is 6.07. The van der Waals surface area contributed by atoms with Crippen molar-refractivity contribution in [2.75, 3.05) is 11.9 Å². The van der Waals surface area contributed by atoms with Gasteiger partial charge in [-0.3, -0.25) is 4.98 Å². The van der Waals surface area contributed by atoms with Crippen molar-refractivity contribution in [3.05, 3.63) is 95.7 Å². The highest BCUT2D eigenvalue weighted by Gasteiger charge is 2.07. The maximum atomic E-state index is 6.07. The molecule has 3 aromatic carbocycles. The van der Waals surface area contributed by atoms with E-state index in [0.29, 0.717) is 0 Å². The molecule has 0 radical (unpaired) electrons. The Morgan fingerprint density at radius 3 is 2.50 bits per heavy atom. The van der Waals surface area contributed by atoms with Crippen LogP contribution >= 0.6 is 0 Å². The number of benzene rings is 3. The van der Waals surface area contributed by atoms with Gasteiger partial charge < -0.3 is 10.1 Å². The van der Waals surface area contributed by atoms with Crippen LogP contribution in [0.25, 0.3) is 10.9 Å². The third kappa shape index (κ3) is 3.84. The summed E-state index contributed by atoms with van der Waals surface area (Å²) in [5, 5.41) is 4.74. The van der Waals surface area contributed by atoms with Crippen molar-refractivity contribution in [2.45, 2.75) is 20.3 Å². The number of hydrogen-bond acceptors (Lipinski definition) is 3. The van der Waals surface area contributed by atoms with Gasteiger partial charge in [-0.1, -0.05) is 48.5 Å². The largest absolute Gasteiger partial charge is 0.457 e. The molecular weight excluding hydrogens is 344 g/mol. The average molecular weight is 368 g/mol. The summed E-state index contributed by atoms with van der Waals surface area (Å²) < 4.78 is 6.07. The molecule has 1 heterocycles. The fourth-order valence-electron chi connectivity index (χ4n) is 3.37. The number of para-hydroxylation sites is 2. The third-order valence-corrected chi connectivity index (χ3v) is 5.09. The van der Waals surface area contributed by atoms with Crippen molar-refractivity contribution in [3.8, 4) is 11.5 Å². The van der Waals surface area contributed by atoms with Crippen LogP contribution in [-0.2, 0) is 6.42 Å². The Kier molecular flexibility index (Phi) is 5.24. The normalized spacial score (nSPS) is 10.8. The molecule has 4 aromatic rings. The molecule has 0 aliphatic carbocycles. The molecule has 0 saturated carbocycles. The van der Waals surface area contributed by atoms with Crippen LogP contribution in [0.3, 0.4) is 0 Å². The Morgan fingerprint density at radius 2 is 1.64 bits per heavy atom. The number of fused-ring (bicyclic) bond motifs is 1. The van der Waals surface area contributed by atoms with Gasteiger partial charge >= 0.3 is 0 Å². The van der Waals surface area contributed by atoms with E-state index in [1.165, 1.54) is 22.1 Å². The van der Waals surface area contributed by atoms with Gasteiger partial charge in [0.2, 0.25) is 0 Å². The fourth-order valence-corrected chi connectivity index (χ4v) is 3.37. The van der Waals surface area contributed by atoms with E-state index in [1.54, 1.807) is 0 Å². The molecule has 0 atom stereocenters. The predicted molar refractivity (Wildman–Crippen MR) is 116 cm³/mol. The molecule has 1 N–H and O–H groups in total. The molecular formula is C25H24N2O. The van der Waals surface area contributed by atoms with E-state index in [4.69, 9.17) is 4.74 Å². The first-order chi connectivity index (χ1) is 13.7. The topological polar surface area (TPSA) is 34.1 Å². The SMILES string of the molecule is Cc1ccc2c(NCCc3ccccc3Oc3ccccc3)ccnc2c1C. The molecule has 4 rings (SSSR count). The van der Waals surface area contributed by atoms with E-state index >= 15 is 0 Å². The van der Waals surface area contributed by atoms with Crippen LogP contribution in [0, 0.1) is 13.8 Å². The number of nitrogens with zero attached hydrogens (tertiary/aromatic N) is 1. The number of pyridine rings is 1. The van der Waals surface area contributed by atoms with Crippen molar-refractivity contribution in [1.29, 1.82) is 0 Å². The lowest BCUT2D eigenvalue weighted by atomic mass is 10.0. The number of anilines is 1. The summed E-state index contributed by atoms with van der Waals surface area (Å²) in [5.41, 5.74) is 5.88. The maximum Gasteiger partial charge on any atom is 0.130 e. The summed E-state index contributed by atoms with van der Waals surface area (Å²) in [6.07, 6.45) is 2.75. The van der Waals surface area contributed by atoms with E-state index in [0.717, 1.165) is 35.7 Å². The lowest BCUT2D eigenvalue weighted by Crippen LogP contribution is -2.06. The number of nitrogens with one attached hydrogen (secondary N) is 1. The minimum Gasteiger partial charge on any atom is -0.457 e. The predicted octanol–water partition coefficient (Wildman–Crippen LogP) is 6.30. The zero-order valence-electron chi connectivity index (χ0n) is 16.3. The van der Waals surface area contributed by atoms with Gasteiger partial charge in [-0.2, -0.15) is 0 Å². The standard InChI is InChI=1S/C25H24N2O/c1-18-12-13-22-23(15-17-27-25(22)19(18)2)26-16-14-20-8-6-7-11-24(20)28-21-9-4-3-5-10-21/h3-13,15,17H,14,16H2,1-2H3,(H,26,27). The summed E-state index contributed by atoms with van der Waals surface area (Å²) in [4.78, 5) is 4.57. The van der Waals surface area contributed by atoms with Gasteiger partial charge in [-0.05, 0) is 61.2 Å². The molecule has 0 unspecified atom stereocenters. The third-order valence-electron chi connectivity index (χ3n) is 5.09. The smallest absolute Gasteiger partial charge is 0.130 e. The summed E-state index contributed by atoms with van der Waals surface area (Å²) in [5.74, 6) is 1.76. The first-order valence-corrected chi connectivity index (χ1v) is 9.62. The molecule has 1 aromatic heterocycles. The van der Waals surface area contributed by atoms with Gasteiger partial charge in [0, 0.05) is 23.8 Å². The molecule has 0 saturated heterocycles. The van der Waals surface area contributed by atoms with Crippen LogP contribution in [0.5, 0.6) is 11.5 Å². The van der Waals surface area contributed by atoms with Crippen LogP contribution in [0.4, 0.5) is 5.69 Å². The number of ether oxygens (including phenoxy) is 1. The van der Waals surface area contributed by atoms with Gasteiger partial charge in [0.25, 0.3) is 0 Å². The van der Waals surface area contributed by atoms with Crippen LogP contribution in [-0.4, -0.2) is 11.5 Å². The Bertz CT molecular complexity index is 1090. The second kappa shape index (κ2) is 8.13. The monoisotopic (exact) mass is 368 g/mol. The lowest BCUT2D eigenvalue weighted by Gasteiger charge is -2.14. The Balaban J connectivity index is 1.49. The highest BCUT2D eigenvalue weighted by Crippen LogP contribution is 2.27. The summed E-state index contributed by atoms with van der Waals surface area (Å²) in [6, 6.07) is 24.5. The van der Waals surface area contributed by atoms with Gasteiger partial charge in [-0.25, -0.2) is 0 Å². The van der Waals surface area contributed by atoms with Crippen molar-refractivity contribution < 1.29 is 4.74 Å². The molecule has 0 amide bonds. The molecule has 3 nitrogen and oxygen atoms in total. The van der Waals surface area contributed by atoms with E-state index in [-0.39, 0.29) is 0 Å². The van der Waals surface area contributed by atoms with Gasteiger partial charge in [0.1, 0.15) is 11.5 Å². The lowest BCUT2D eigenvalue weighted by molar-refractivity contribution is 0.476. The van der Waals surface area contributed by atoms with Crippen LogP contribution < -0.4 is 10.1 Å². The zero-order valence-corrected chi connectivity index (χ0v) is 16.3. The van der Waals surface area contributed by atoms with Crippen molar-refractivity contribution in [3.63, 3.8) is 0 Å². The van der Waals surface area contributed by atoms with Gasteiger partial charge in [-0.15, -0.1) is 0 Å². The molecule has 3 heteroatoms. The molecule has 28 heavy (non-hydrogen) atoms. The van der Waals surface area contributed by atoms with Crippen molar-refractivity contribution in [2.24, 2.45) is 0 Å². The second-order valence-corrected chi connectivity index (χ2v) is 6.96. The Labute approximate surface area is 166 Å². The van der Waals surface area contributed by atoms with Crippen molar-refractivity contribution in [1.82, 2.24) is 4.98 Å². The molecule has 0 bridgehead atoms. The Hall–Kier alpha value is -3.33. The number of aromatic nitrogens is 1. The van der Waals surface area contributed by atoms with Crippen LogP contribution in [0.1, 0.15) is 16.7 Å². The zero-order chi connectivity index (χ0) is 19.3.